The Morgan fingerprint density at radius 3 is 2.57 bits per heavy atom. The van der Waals surface area contributed by atoms with Gasteiger partial charge in [-0.25, -0.2) is 4.98 Å². The first-order valence-corrected chi connectivity index (χ1v) is 8.89. The number of nitrogens with zero attached hydrogens (tertiary/aromatic N) is 2. The van der Waals surface area contributed by atoms with Crippen LogP contribution < -0.4 is 14.8 Å². The van der Waals surface area contributed by atoms with Gasteiger partial charge in [0.15, 0.2) is 0 Å². The summed E-state index contributed by atoms with van der Waals surface area (Å²) in [5, 5.41) is 13.4. The number of anilines is 1. The first kappa shape index (κ1) is 17.7. The van der Waals surface area contributed by atoms with E-state index in [1.807, 2.05) is 59.2 Å². The molecule has 1 aromatic heterocycles. The number of phenols is 1. The Bertz CT molecular complexity index is 1120. The molecule has 0 fully saturated rings. The van der Waals surface area contributed by atoms with Crippen LogP contribution >= 0.6 is 0 Å². The molecule has 0 saturated carbocycles. The third kappa shape index (κ3) is 3.44. The topological polar surface area (TPSA) is 68.5 Å². The molecule has 0 amide bonds. The first-order valence-electron chi connectivity index (χ1n) is 8.89. The Balaban J connectivity index is 1.56. The van der Waals surface area contributed by atoms with E-state index in [-0.39, 0.29) is 5.75 Å². The highest BCUT2D eigenvalue weighted by Crippen LogP contribution is 2.26. The highest BCUT2D eigenvalue weighted by Gasteiger charge is 2.08. The van der Waals surface area contributed by atoms with Crippen molar-refractivity contribution in [2.24, 2.45) is 0 Å². The van der Waals surface area contributed by atoms with Crippen LogP contribution in [-0.2, 0) is 6.54 Å². The minimum Gasteiger partial charge on any atom is -0.507 e. The lowest BCUT2D eigenvalue weighted by Gasteiger charge is -2.10. The number of phenolic OH excluding ortho intramolecular Hbond substituents is 1. The van der Waals surface area contributed by atoms with Gasteiger partial charge in [0.05, 0.1) is 30.9 Å². The van der Waals surface area contributed by atoms with Crippen LogP contribution in [0.1, 0.15) is 5.56 Å². The van der Waals surface area contributed by atoms with Gasteiger partial charge in [-0.3, -0.25) is 4.57 Å². The van der Waals surface area contributed by atoms with Crippen LogP contribution in [0.4, 0.5) is 5.69 Å². The molecule has 6 heteroatoms. The summed E-state index contributed by atoms with van der Waals surface area (Å²) in [6, 6.07) is 19.2. The highest BCUT2D eigenvalue weighted by atomic mass is 16.5. The van der Waals surface area contributed by atoms with E-state index < -0.39 is 0 Å². The Hall–Kier alpha value is -3.67. The summed E-state index contributed by atoms with van der Waals surface area (Å²) in [4.78, 5) is 4.52. The summed E-state index contributed by atoms with van der Waals surface area (Å²) < 4.78 is 12.5. The van der Waals surface area contributed by atoms with Crippen molar-refractivity contribution in [3.8, 4) is 22.9 Å². The molecule has 4 aromatic rings. The summed E-state index contributed by atoms with van der Waals surface area (Å²) in [5.74, 6) is 1.64. The Morgan fingerprint density at radius 2 is 1.79 bits per heavy atom. The number of ether oxygens (including phenoxy) is 2. The van der Waals surface area contributed by atoms with Gasteiger partial charge in [-0.05, 0) is 42.5 Å². The van der Waals surface area contributed by atoms with Crippen molar-refractivity contribution in [2.45, 2.75) is 6.54 Å². The van der Waals surface area contributed by atoms with Gasteiger partial charge in [-0.15, -0.1) is 0 Å². The van der Waals surface area contributed by atoms with E-state index in [2.05, 4.69) is 10.3 Å². The fourth-order valence-electron chi connectivity index (χ4n) is 3.11. The monoisotopic (exact) mass is 375 g/mol. The van der Waals surface area contributed by atoms with Crippen molar-refractivity contribution >= 4 is 16.7 Å². The van der Waals surface area contributed by atoms with Crippen LogP contribution in [-0.4, -0.2) is 28.9 Å². The van der Waals surface area contributed by atoms with Gasteiger partial charge in [0.25, 0.3) is 0 Å². The van der Waals surface area contributed by atoms with Crippen molar-refractivity contribution in [2.75, 3.05) is 19.5 Å². The molecule has 0 bridgehead atoms. The smallest absolute Gasteiger partial charge is 0.124 e. The van der Waals surface area contributed by atoms with Crippen LogP contribution in [0.3, 0.4) is 0 Å². The van der Waals surface area contributed by atoms with Gasteiger partial charge < -0.3 is 19.9 Å². The molecular formula is C22H21N3O3. The summed E-state index contributed by atoms with van der Waals surface area (Å²) in [7, 11) is 3.23. The van der Waals surface area contributed by atoms with Crippen LogP contribution in [0.15, 0.2) is 67.0 Å². The fraction of sp³-hybridized carbons (Fsp3) is 0.136. The van der Waals surface area contributed by atoms with Crippen molar-refractivity contribution in [1.29, 1.82) is 0 Å². The maximum Gasteiger partial charge on any atom is 0.124 e. The zero-order chi connectivity index (χ0) is 19.5. The zero-order valence-electron chi connectivity index (χ0n) is 15.7. The Kier molecular flexibility index (Phi) is 4.76. The molecule has 6 nitrogen and oxygen atoms in total. The van der Waals surface area contributed by atoms with Gasteiger partial charge in [0.1, 0.15) is 23.6 Å². The summed E-state index contributed by atoms with van der Waals surface area (Å²) in [5.41, 5.74) is 4.60. The molecule has 0 aliphatic heterocycles. The third-order valence-electron chi connectivity index (χ3n) is 4.65. The van der Waals surface area contributed by atoms with E-state index in [0.717, 1.165) is 33.7 Å². The zero-order valence-corrected chi connectivity index (χ0v) is 15.7. The quantitative estimate of drug-likeness (QED) is 0.524. The molecular weight excluding hydrogens is 354 g/mol. The lowest BCUT2D eigenvalue weighted by Crippen LogP contribution is -2.00. The lowest BCUT2D eigenvalue weighted by molar-refractivity contribution is 0.406. The van der Waals surface area contributed by atoms with Gasteiger partial charge in [-0.2, -0.15) is 0 Å². The molecule has 1 heterocycles. The number of nitrogens with one attached hydrogen (secondary N) is 1. The number of hydrogen-bond acceptors (Lipinski definition) is 5. The summed E-state index contributed by atoms with van der Waals surface area (Å²) in [6.07, 6.45) is 1.80. The van der Waals surface area contributed by atoms with Crippen LogP contribution in [0.5, 0.6) is 17.2 Å². The molecule has 3 aromatic carbocycles. The van der Waals surface area contributed by atoms with E-state index in [1.165, 1.54) is 0 Å². The second-order valence-electron chi connectivity index (χ2n) is 6.37. The van der Waals surface area contributed by atoms with E-state index in [4.69, 9.17) is 9.47 Å². The van der Waals surface area contributed by atoms with Crippen molar-refractivity contribution in [3.05, 3.63) is 72.6 Å². The van der Waals surface area contributed by atoms with Crippen LogP contribution in [0.2, 0.25) is 0 Å². The third-order valence-corrected chi connectivity index (χ3v) is 4.65. The largest absolute Gasteiger partial charge is 0.507 e. The predicted molar refractivity (Wildman–Crippen MR) is 110 cm³/mol. The van der Waals surface area contributed by atoms with Crippen LogP contribution in [0, 0.1) is 0 Å². The Morgan fingerprint density at radius 1 is 0.964 bits per heavy atom. The Labute approximate surface area is 163 Å². The maximum absolute atomic E-state index is 10.1. The molecule has 0 radical (unpaired) electrons. The molecule has 2 N–H and O–H groups in total. The predicted octanol–water partition coefficient (Wildman–Crippen LogP) is 4.36. The normalized spacial score (nSPS) is 10.8. The number of fused-ring (bicyclic) bond motifs is 1. The molecule has 0 saturated heterocycles. The SMILES string of the molecule is COc1cccc(-n2cnc3cc(NCc4ccc(OC)cc4O)ccc32)c1. The summed E-state index contributed by atoms with van der Waals surface area (Å²) in [6.45, 7) is 0.498. The molecule has 4 rings (SSSR count). The standard InChI is InChI=1S/C22H21N3O3/c1-27-18-5-3-4-17(11-18)25-14-24-20-10-16(7-9-21(20)25)23-13-15-6-8-19(28-2)12-22(15)26/h3-12,14,23,26H,13H2,1-2H3. The van der Waals surface area contributed by atoms with Crippen molar-refractivity contribution in [3.63, 3.8) is 0 Å². The number of hydrogen-bond donors (Lipinski definition) is 2. The number of benzene rings is 3. The van der Waals surface area contributed by atoms with E-state index in [1.54, 1.807) is 26.6 Å². The van der Waals surface area contributed by atoms with Gasteiger partial charge in [0, 0.05) is 29.9 Å². The average Bonchev–Trinajstić information content (AvgIpc) is 3.16. The minimum atomic E-state index is 0.204. The number of aromatic nitrogens is 2. The number of rotatable bonds is 6. The number of methoxy groups -OCH3 is 2. The molecule has 0 spiro atoms. The molecule has 0 atom stereocenters. The second-order valence-corrected chi connectivity index (χ2v) is 6.37. The van der Waals surface area contributed by atoms with E-state index in [0.29, 0.717) is 12.3 Å². The van der Waals surface area contributed by atoms with E-state index in [9.17, 15) is 5.11 Å². The minimum absolute atomic E-state index is 0.204. The van der Waals surface area contributed by atoms with E-state index >= 15 is 0 Å². The molecule has 0 unspecified atom stereocenters. The lowest BCUT2D eigenvalue weighted by atomic mass is 10.2. The first-order chi connectivity index (χ1) is 13.7. The van der Waals surface area contributed by atoms with Crippen LogP contribution in [0.25, 0.3) is 16.7 Å². The molecule has 0 aliphatic carbocycles. The van der Waals surface area contributed by atoms with Gasteiger partial charge in [-0.1, -0.05) is 6.07 Å². The summed E-state index contributed by atoms with van der Waals surface area (Å²) >= 11 is 0. The van der Waals surface area contributed by atoms with Crippen molar-refractivity contribution < 1.29 is 14.6 Å². The van der Waals surface area contributed by atoms with Crippen molar-refractivity contribution in [1.82, 2.24) is 9.55 Å². The molecule has 28 heavy (non-hydrogen) atoms. The average molecular weight is 375 g/mol. The number of aromatic hydroxyl groups is 1. The highest BCUT2D eigenvalue weighted by molar-refractivity contribution is 5.81. The van der Waals surface area contributed by atoms with Gasteiger partial charge >= 0.3 is 0 Å². The maximum atomic E-state index is 10.1. The fourth-order valence-corrected chi connectivity index (χ4v) is 3.11. The molecule has 142 valence electrons. The molecule has 0 aliphatic rings. The second kappa shape index (κ2) is 7.52. The number of imidazole rings is 1. The van der Waals surface area contributed by atoms with Gasteiger partial charge in [0.2, 0.25) is 0 Å².